The van der Waals surface area contributed by atoms with Gasteiger partial charge in [0.2, 0.25) is 0 Å². The number of primary amides is 1. The minimum absolute atomic E-state index is 0.395. The second kappa shape index (κ2) is 4.73. The summed E-state index contributed by atoms with van der Waals surface area (Å²) in [7, 11) is 0. The van der Waals surface area contributed by atoms with Gasteiger partial charge in [-0.1, -0.05) is 13.3 Å². The minimum atomic E-state index is -0.431. The normalized spacial score (nSPS) is 17.2. The van der Waals surface area contributed by atoms with Gasteiger partial charge in [-0.05, 0) is 36.8 Å². The Morgan fingerprint density at radius 3 is 2.88 bits per heavy atom. The van der Waals surface area contributed by atoms with Crippen LogP contribution in [0.25, 0.3) is 0 Å². The van der Waals surface area contributed by atoms with Crippen LogP contribution in [-0.2, 0) is 0 Å². The summed E-state index contributed by atoms with van der Waals surface area (Å²) in [6.45, 7) is 3.09. The van der Waals surface area contributed by atoms with Gasteiger partial charge in [-0.15, -0.1) is 0 Å². The Morgan fingerprint density at radius 1 is 1.59 bits per heavy atom. The van der Waals surface area contributed by atoms with Crippen molar-refractivity contribution in [1.82, 2.24) is 4.98 Å². The molecule has 0 saturated heterocycles. The fourth-order valence-corrected chi connectivity index (χ4v) is 2.35. The molecule has 0 aliphatic heterocycles. The number of carbonyl (C=O) groups is 1. The van der Waals surface area contributed by atoms with E-state index in [9.17, 15) is 4.79 Å². The third kappa shape index (κ3) is 2.40. The molecule has 1 fully saturated rings. The number of nitrogens with one attached hydrogen (secondary N) is 1. The molecule has 1 aromatic rings. The molecule has 1 aliphatic carbocycles. The highest BCUT2D eigenvalue weighted by Gasteiger charge is 2.34. The molecule has 4 nitrogen and oxygen atoms in total. The van der Waals surface area contributed by atoms with Crippen LogP contribution in [0, 0.1) is 5.41 Å². The van der Waals surface area contributed by atoms with Gasteiger partial charge >= 0.3 is 0 Å². The van der Waals surface area contributed by atoms with Crippen LogP contribution in [0.4, 0.5) is 5.82 Å². The van der Waals surface area contributed by atoms with E-state index in [0.29, 0.717) is 16.8 Å². The minimum Gasteiger partial charge on any atom is -0.369 e. The molecule has 3 N–H and O–H groups in total. The topological polar surface area (TPSA) is 68.0 Å². The molecule has 0 radical (unpaired) electrons. The highest BCUT2D eigenvalue weighted by atomic mass is 16.1. The van der Waals surface area contributed by atoms with E-state index in [1.54, 1.807) is 18.3 Å². The number of hydrogen-bond donors (Lipinski definition) is 2. The summed E-state index contributed by atoms with van der Waals surface area (Å²) in [4.78, 5) is 15.4. The molecule has 1 saturated carbocycles. The molecule has 4 heteroatoms. The van der Waals surface area contributed by atoms with Crippen LogP contribution < -0.4 is 11.1 Å². The first-order valence-electron chi connectivity index (χ1n) is 6.15. The lowest BCUT2D eigenvalue weighted by atomic mass is 9.67. The zero-order chi connectivity index (χ0) is 12.3. The summed E-state index contributed by atoms with van der Waals surface area (Å²) in [5, 5.41) is 3.28. The predicted octanol–water partition coefficient (Wildman–Crippen LogP) is 2.17. The second-order valence-corrected chi connectivity index (χ2v) is 4.82. The quantitative estimate of drug-likeness (QED) is 0.819. The van der Waals surface area contributed by atoms with Crippen LogP contribution in [0.1, 0.15) is 43.0 Å². The monoisotopic (exact) mass is 233 g/mol. The molecule has 1 amide bonds. The van der Waals surface area contributed by atoms with Crippen LogP contribution in [0.15, 0.2) is 18.3 Å². The molecule has 1 heterocycles. The van der Waals surface area contributed by atoms with E-state index in [0.717, 1.165) is 6.54 Å². The van der Waals surface area contributed by atoms with E-state index < -0.39 is 5.91 Å². The first-order chi connectivity index (χ1) is 8.17. The average Bonchev–Trinajstić information content (AvgIpc) is 2.28. The highest BCUT2D eigenvalue weighted by Crippen LogP contribution is 2.43. The third-order valence-electron chi connectivity index (χ3n) is 3.87. The summed E-state index contributed by atoms with van der Waals surface area (Å²) in [6, 6.07) is 3.43. The zero-order valence-corrected chi connectivity index (χ0v) is 10.2. The molecule has 1 aliphatic rings. The van der Waals surface area contributed by atoms with Gasteiger partial charge in [-0.3, -0.25) is 4.79 Å². The van der Waals surface area contributed by atoms with Crippen molar-refractivity contribution >= 4 is 11.7 Å². The number of amides is 1. The number of hydrogen-bond acceptors (Lipinski definition) is 3. The number of nitrogens with zero attached hydrogens (tertiary/aromatic N) is 1. The molecule has 92 valence electrons. The van der Waals surface area contributed by atoms with E-state index in [4.69, 9.17) is 5.73 Å². The van der Waals surface area contributed by atoms with Crippen molar-refractivity contribution in [3.05, 3.63) is 23.9 Å². The summed E-state index contributed by atoms with van der Waals surface area (Å²) in [5.74, 6) is 0.180. The lowest BCUT2D eigenvalue weighted by molar-refractivity contribution is 0.100. The van der Waals surface area contributed by atoms with Gasteiger partial charge in [0.25, 0.3) is 5.91 Å². The SMILES string of the molecule is CCC1(CNc2ncccc2C(N)=O)CCC1. The van der Waals surface area contributed by atoms with Crippen LogP contribution in [0.5, 0.6) is 0 Å². The molecule has 0 spiro atoms. The predicted molar refractivity (Wildman–Crippen MR) is 67.8 cm³/mol. The molecular formula is C13H19N3O. The van der Waals surface area contributed by atoms with E-state index in [1.807, 2.05) is 0 Å². The van der Waals surface area contributed by atoms with Crippen molar-refractivity contribution in [3.8, 4) is 0 Å². The Balaban J connectivity index is 2.06. The van der Waals surface area contributed by atoms with E-state index in [2.05, 4.69) is 17.2 Å². The second-order valence-electron chi connectivity index (χ2n) is 4.82. The standard InChI is InChI=1S/C13H19N3O/c1-2-13(6-4-7-13)9-16-12-10(11(14)17)5-3-8-15-12/h3,5,8H,2,4,6-7,9H2,1H3,(H2,14,17)(H,15,16). The Morgan fingerprint density at radius 2 is 2.35 bits per heavy atom. The fraction of sp³-hybridized carbons (Fsp3) is 0.538. The van der Waals surface area contributed by atoms with Crippen molar-refractivity contribution < 1.29 is 4.79 Å². The Bertz CT molecular complexity index is 407. The Labute approximate surface area is 102 Å². The van der Waals surface area contributed by atoms with Crippen molar-refractivity contribution in [3.63, 3.8) is 0 Å². The fourth-order valence-electron chi connectivity index (χ4n) is 2.35. The molecule has 0 atom stereocenters. The van der Waals surface area contributed by atoms with Gasteiger partial charge in [0.1, 0.15) is 5.82 Å². The Kier molecular flexibility index (Phi) is 3.31. The van der Waals surface area contributed by atoms with Gasteiger partial charge < -0.3 is 11.1 Å². The summed E-state index contributed by atoms with van der Waals surface area (Å²) in [5.41, 5.74) is 6.18. The number of aromatic nitrogens is 1. The van der Waals surface area contributed by atoms with Crippen molar-refractivity contribution in [1.29, 1.82) is 0 Å². The molecular weight excluding hydrogens is 214 g/mol. The molecule has 0 unspecified atom stereocenters. The van der Waals surface area contributed by atoms with Gasteiger partial charge in [0.05, 0.1) is 5.56 Å². The van der Waals surface area contributed by atoms with E-state index in [-0.39, 0.29) is 0 Å². The summed E-state index contributed by atoms with van der Waals surface area (Å²) < 4.78 is 0. The number of anilines is 1. The average molecular weight is 233 g/mol. The van der Waals surface area contributed by atoms with Crippen LogP contribution in [0.2, 0.25) is 0 Å². The molecule has 17 heavy (non-hydrogen) atoms. The molecule has 1 aromatic heterocycles. The number of nitrogens with two attached hydrogens (primary N) is 1. The van der Waals surface area contributed by atoms with Gasteiger partial charge in [0, 0.05) is 12.7 Å². The van der Waals surface area contributed by atoms with Crippen molar-refractivity contribution in [2.24, 2.45) is 11.1 Å². The summed E-state index contributed by atoms with van der Waals surface area (Å²) >= 11 is 0. The maximum Gasteiger partial charge on any atom is 0.252 e. The molecule has 0 bridgehead atoms. The molecule has 0 aromatic carbocycles. The van der Waals surface area contributed by atoms with Crippen LogP contribution in [-0.4, -0.2) is 17.4 Å². The highest BCUT2D eigenvalue weighted by molar-refractivity contribution is 5.97. The van der Waals surface area contributed by atoms with Gasteiger partial charge in [-0.2, -0.15) is 0 Å². The Hall–Kier alpha value is -1.58. The maximum absolute atomic E-state index is 11.2. The van der Waals surface area contributed by atoms with Crippen LogP contribution in [0.3, 0.4) is 0 Å². The van der Waals surface area contributed by atoms with Crippen molar-refractivity contribution in [2.45, 2.75) is 32.6 Å². The number of pyridine rings is 1. The van der Waals surface area contributed by atoms with Crippen LogP contribution >= 0.6 is 0 Å². The maximum atomic E-state index is 11.2. The first kappa shape index (κ1) is 11.9. The summed E-state index contributed by atoms with van der Waals surface area (Å²) in [6.07, 6.45) is 6.66. The number of rotatable bonds is 5. The largest absolute Gasteiger partial charge is 0.369 e. The van der Waals surface area contributed by atoms with E-state index in [1.165, 1.54) is 25.7 Å². The number of carbonyl (C=O) groups excluding carboxylic acids is 1. The van der Waals surface area contributed by atoms with Crippen molar-refractivity contribution in [2.75, 3.05) is 11.9 Å². The van der Waals surface area contributed by atoms with E-state index >= 15 is 0 Å². The lowest BCUT2D eigenvalue weighted by Gasteiger charge is -2.41. The van der Waals surface area contributed by atoms with Gasteiger partial charge in [-0.25, -0.2) is 4.98 Å². The molecule has 2 rings (SSSR count). The lowest BCUT2D eigenvalue weighted by Crippen LogP contribution is -2.36. The first-order valence-corrected chi connectivity index (χ1v) is 6.15. The smallest absolute Gasteiger partial charge is 0.252 e. The zero-order valence-electron chi connectivity index (χ0n) is 10.2. The van der Waals surface area contributed by atoms with Gasteiger partial charge in [0.15, 0.2) is 0 Å². The third-order valence-corrected chi connectivity index (χ3v) is 3.87.